The Bertz CT molecular complexity index is 508. The molecule has 1 aromatic carbocycles. The van der Waals surface area contributed by atoms with Crippen molar-refractivity contribution in [1.82, 2.24) is 0 Å². The minimum atomic E-state index is -3.19. The zero-order valence-electron chi connectivity index (χ0n) is 11.5. The van der Waals surface area contributed by atoms with Crippen LogP contribution < -0.4 is 10.5 Å². The summed E-state index contributed by atoms with van der Waals surface area (Å²) in [5, 5.41) is 9.84. The van der Waals surface area contributed by atoms with E-state index in [9.17, 15) is 13.5 Å². The summed E-state index contributed by atoms with van der Waals surface area (Å²) in [5.74, 6) is 0.563. The number of ether oxygens (including phenoxy) is 1. The van der Waals surface area contributed by atoms with Crippen LogP contribution in [0, 0.1) is 0 Å². The van der Waals surface area contributed by atoms with Gasteiger partial charge in [-0.25, -0.2) is 8.42 Å². The summed E-state index contributed by atoms with van der Waals surface area (Å²) < 4.78 is 28.2. The van der Waals surface area contributed by atoms with Crippen LogP contribution in [-0.2, 0) is 9.84 Å². The second-order valence-corrected chi connectivity index (χ2v) is 7.09. The molecule has 0 fully saturated rings. The topological polar surface area (TPSA) is 89.6 Å². The molecule has 0 radical (unpaired) electrons. The van der Waals surface area contributed by atoms with Gasteiger partial charge >= 0.3 is 0 Å². The van der Waals surface area contributed by atoms with Gasteiger partial charge in [-0.1, -0.05) is 0 Å². The molecule has 0 saturated heterocycles. The Morgan fingerprint density at radius 1 is 1.37 bits per heavy atom. The first-order chi connectivity index (χ1) is 8.64. The van der Waals surface area contributed by atoms with Crippen LogP contribution in [-0.4, -0.2) is 38.0 Å². The lowest BCUT2D eigenvalue weighted by Crippen LogP contribution is -2.38. The van der Waals surface area contributed by atoms with Crippen molar-refractivity contribution < 1.29 is 18.3 Å². The highest BCUT2D eigenvalue weighted by molar-refractivity contribution is 7.90. The molecule has 1 rings (SSSR count). The summed E-state index contributed by atoms with van der Waals surface area (Å²) >= 11 is 0. The minimum Gasteiger partial charge on any atom is -0.491 e. The SMILES string of the molecule is CC(CC(C)(O)CN)Oc1ccc(S(C)(=O)=O)cc1. The molecule has 0 aliphatic rings. The summed E-state index contributed by atoms with van der Waals surface area (Å²) in [6.45, 7) is 3.64. The molecule has 2 unspecified atom stereocenters. The summed E-state index contributed by atoms with van der Waals surface area (Å²) in [7, 11) is -3.19. The molecule has 0 aromatic heterocycles. The third-order valence-corrected chi connectivity index (χ3v) is 3.88. The Balaban J connectivity index is 2.68. The lowest BCUT2D eigenvalue weighted by Gasteiger charge is -2.25. The van der Waals surface area contributed by atoms with Crippen LogP contribution in [0.25, 0.3) is 0 Å². The third-order valence-electron chi connectivity index (χ3n) is 2.76. The molecule has 5 nitrogen and oxygen atoms in total. The average Bonchev–Trinajstić information content (AvgIpc) is 2.27. The molecule has 0 aliphatic heterocycles. The van der Waals surface area contributed by atoms with Gasteiger partial charge in [0.2, 0.25) is 0 Å². The van der Waals surface area contributed by atoms with Gasteiger partial charge < -0.3 is 15.6 Å². The average molecular weight is 287 g/mol. The van der Waals surface area contributed by atoms with Crippen LogP contribution in [0.5, 0.6) is 5.75 Å². The molecular formula is C13H21NO4S. The van der Waals surface area contributed by atoms with Crippen molar-refractivity contribution in [2.75, 3.05) is 12.8 Å². The van der Waals surface area contributed by atoms with Crippen molar-refractivity contribution in [2.45, 2.75) is 36.9 Å². The molecule has 0 spiro atoms. The van der Waals surface area contributed by atoms with E-state index in [2.05, 4.69) is 0 Å². The normalized spacial score (nSPS) is 16.7. The molecule has 19 heavy (non-hydrogen) atoms. The summed E-state index contributed by atoms with van der Waals surface area (Å²) in [6.07, 6.45) is 1.34. The highest BCUT2D eigenvalue weighted by atomic mass is 32.2. The molecule has 0 bridgehead atoms. The van der Waals surface area contributed by atoms with E-state index in [4.69, 9.17) is 10.5 Å². The monoisotopic (exact) mass is 287 g/mol. The molecule has 0 heterocycles. The summed E-state index contributed by atoms with van der Waals surface area (Å²) in [6, 6.07) is 6.20. The first-order valence-corrected chi connectivity index (χ1v) is 7.92. The van der Waals surface area contributed by atoms with Gasteiger partial charge in [0.05, 0.1) is 16.6 Å². The number of sulfone groups is 1. The van der Waals surface area contributed by atoms with E-state index in [1.165, 1.54) is 12.1 Å². The molecule has 6 heteroatoms. The molecule has 0 saturated carbocycles. The Kier molecular flexibility index (Phi) is 4.95. The minimum absolute atomic E-state index is 0.160. The van der Waals surface area contributed by atoms with Crippen LogP contribution >= 0.6 is 0 Å². The zero-order chi connectivity index (χ0) is 14.7. The van der Waals surface area contributed by atoms with Gasteiger partial charge in [0.1, 0.15) is 5.75 Å². The third kappa shape index (κ3) is 5.18. The molecule has 0 aliphatic carbocycles. The first-order valence-electron chi connectivity index (χ1n) is 6.03. The predicted molar refractivity (Wildman–Crippen MR) is 73.9 cm³/mol. The Morgan fingerprint density at radius 2 is 1.89 bits per heavy atom. The number of hydrogen-bond acceptors (Lipinski definition) is 5. The number of rotatable bonds is 6. The fraction of sp³-hybridized carbons (Fsp3) is 0.538. The highest BCUT2D eigenvalue weighted by Crippen LogP contribution is 2.20. The lowest BCUT2D eigenvalue weighted by molar-refractivity contribution is 0.0237. The van der Waals surface area contributed by atoms with Gasteiger partial charge in [-0.15, -0.1) is 0 Å². The van der Waals surface area contributed by atoms with Crippen LogP contribution in [0.3, 0.4) is 0 Å². The molecule has 1 aromatic rings. The van der Waals surface area contributed by atoms with Gasteiger partial charge in [-0.2, -0.15) is 0 Å². The van der Waals surface area contributed by atoms with Gasteiger partial charge in [0.15, 0.2) is 9.84 Å². The Morgan fingerprint density at radius 3 is 2.32 bits per heavy atom. The Labute approximate surface area is 114 Å². The predicted octanol–water partition coefficient (Wildman–Crippen LogP) is 0.957. The lowest BCUT2D eigenvalue weighted by atomic mass is 9.99. The van der Waals surface area contributed by atoms with Crippen molar-refractivity contribution in [3.05, 3.63) is 24.3 Å². The van der Waals surface area contributed by atoms with Gasteiger partial charge in [-0.05, 0) is 38.1 Å². The van der Waals surface area contributed by atoms with Crippen molar-refractivity contribution in [3.8, 4) is 5.75 Å². The maximum Gasteiger partial charge on any atom is 0.175 e. The van der Waals surface area contributed by atoms with E-state index in [1.54, 1.807) is 19.1 Å². The van der Waals surface area contributed by atoms with E-state index < -0.39 is 15.4 Å². The van der Waals surface area contributed by atoms with Gasteiger partial charge in [-0.3, -0.25) is 0 Å². The van der Waals surface area contributed by atoms with E-state index in [1.807, 2.05) is 6.92 Å². The molecule has 0 amide bonds. The van der Waals surface area contributed by atoms with Gasteiger partial charge in [0, 0.05) is 19.2 Å². The van der Waals surface area contributed by atoms with Crippen molar-refractivity contribution in [2.24, 2.45) is 5.73 Å². The summed E-state index contributed by atoms with van der Waals surface area (Å²) in [4.78, 5) is 0.251. The summed E-state index contributed by atoms with van der Waals surface area (Å²) in [5.41, 5.74) is 4.48. The van der Waals surface area contributed by atoms with Crippen LogP contribution in [0.4, 0.5) is 0 Å². The second kappa shape index (κ2) is 5.90. The fourth-order valence-corrected chi connectivity index (χ4v) is 2.37. The largest absolute Gasteiger partial charge is 0.491 e. The van der Waals surface area contributed by atoms with E-state index in [-0.39, 0.29) is 17.5 Å². The van der Waals surface area contributed by atoms with Crippen molar-refractivity contribution in [1.29, 1.82) is 0 Å². The van der Waals surface area contributed by atoms with Gasteiger partial charge in [0.25, 0.3) is 0 Å². The van der Waals surface area contributed by atoms with Crippen LogP contribution in [0.2, 0.25) is 0 Å². The highest BCUT2D eigenvalue weighted by Gasteiger charge is 2.22. The number of benzene rings is 1. The van der Waals surface area contributed by atoms with Crippen LogP contribution in [0.1, 0.15) is 20.3 Å². The van der Waals surface area contributed by atoms with Crippen LogP contribution in [0.15, 0.2) is 29.2 Å². The number of aliphatic hydroxyl groups is 1. The van der Waals surface area contributed by atoms with Crippen molar-refractivity contribution in [3.63, 3.8) is 0 Å². The maximum absolute atomic E-state index is 11.3. The molecule has 2 atom stereocenters. The first kappa shape index (κ1) is 15.9. The van der Waals surface area contributed by atoms with E-state index in [0.29, 0.717) is 12.2 Å². The smallest absolute Gasteiger partial charge is 0.175 e. The molecular weight excluding hydrogens is 266 g/mol. The maximum atomic E-state index is 11.3. The zero-order valence-corrected chi connectivity index (χ0v) is 12.3. The second-order valence-electron chi connectivity index (χ2n) is 5.08. The van der Waals surface area contributed by atoms with E-state index in [0.717, 1.165) is 6.26 Å². The fourth-order valence-electron chi connectivity index (χ4n) is 1.74. The number of hydrogen-bond donors (Lipinski definition) is 2. The van der Waals surface area contributed by atoms with Crippen molar-refractivity contribution >= 4 is 9.84 Å². The quantitative estimate of drug-likeness (QED) is 0.813. The molecule has 3 N–H and O–H groups in total. The Hall–Kier alpha value is -1.11. The van der Waals surface area contributed by atoms with E-state index >= 15 is 0 Å². The number of nitrogens with two attached hydrogens (primary N) is 1. The molecule has 108 valence electrons. The standard InChI is InChI=1S/C13H21NO4S/c1-10(8-13(2,15)9-14)18-11-4-6-12(7-5-11)19(3,16)17/h4-7,10,15H,8-9,14H2,1-3H3.